The van der Waals surface area contributed by atoms with Gasteiger partial charge in [-0.3, -0.25) is 4.98 Å². The van der Waals surface area contributed by atoms with Gasteiger partial charge >= 0.3 is 0 Å². The molecule has 6 rings (SSSR count). The van der Waals surface area contributed by atoms with Gasteiger partial charge in [0.15, 0.2) is 6.10 Å². The molecule has 7 nitrogen and oxygen atoms in total. The average Bonchev–Trinajstić information content (AvgIpc) is 3.51. The first-order chi connectivity index (χ1) is 17.9. The molecule has 1 fully saturated rings. The van der Waals surface area contributed by atoms with Crippen LogP contribution in [0.15, 0.2) is 47.3 Å². The number of fused-ring (bicyclic) bond motifs is 5. The highest BCUT2D eigenvalue weighted by Gasteiger charge is 2.65. The lowest BCUT2D eigenvalue weighted by molar-refractivity contribution is -0.0972. The second-order valence-electron chi connectivity index (χ2n) is 10.6. The molecule has 2 aliphatic rings. The van der Waals surface area contributed by atoms with Gasteiger partial charge in [0.25, 0.3) is 5.92 Å². The minimum atomic E-state index is -3.40. The lowest BCUT2D eigenvalue weighted by atomic mass is 9.66. The highest BCUT2D eigenvalue weighted by molar-refractivity contribution is 5.64. The van der Waals surface area contributed by atoms with E-state index < -0.39 is 34.5 Å². The van der Waals surface area contributed by atoms with Crippen LogP contribution in [-0.4, -0.2) is 36.2 Å². The minimum Gasteiger partial charge on any atom is -0.443 e. The molecule has 1 N–H and O–H groups in total. The number of halogens is 4. The van der Waals surface area contributed by atoms with Crippen molar-refractivity contribution in [2.45, 2.75) is 57.0 Å². The molecule has 0 spiro atoms. The van der Waals surface area contributed by atoms with Crippen molar-refractivity contribution in [3.8, 4) is 22.8 Å². The normalized spacial score (nSPS) is 22.5. The number of benzene rings is 1. The summed E-state index contributed by atoms with van der Waals surface area (Å²) in [6.45, 7) is 4.77. The summed E-state index contributed by atoms with van der Waals surface area (Å²) in [5.41, 5.74) is 0.779. The summed E-state index contributed by atoms with van der Waals surface area (Å²) < 4.78 is 61.5. The molecular weight excluding hydrogens is 502 g/mol. The first kappa shape index (κ1) is 24.6. The Hall–Kier alpha value is -3.73. The lowest BCUT2D eigenvalue weighted by Gasteiger charge is -2.37. The van der Waals surface area contributed by atoms with E-state index in [1.54, 1.807) is 12.3 Å². The van der Waals surface area contributed by atoms with E-state index in [1.807, 2.05) is 0 Å². The quantitative estimate of drug-likeness (QED) is 0.331. The largest absolute Gasteiger partial charge is 0.443 e. The average molecular weight is 526 g/mol. The number of aliphatic hydroxyl groups is 1. The molecule has 0 radical (unpaired) electrons. The molecule has 3 aromatic heterocycles. The third-order valence-corrected chi connectivity index (χ3v) is 8.17. The van der Waals surface area contributed by atoms with Crippen LogP contribution in [0.3, 0.4) is 0 Å². The Bertz CT molecular complexity index is 1550. The number of aliphatic hydroxyl groups excluding tert-OH is 1. The third-order valence-electron chi connectivity index (χ3n) is 8.17. The van der Waals surface area contributed by atoms with E-state index in [9.17, 15) is 22.7 Å². The molecule has 38 heavy (non-hydrogen) atoms. The highest BCUT2D eigenvalue weighted by atomic mass is 19.3. The van der Waals surface area contributed by atoms with Gasteiger partial charge in [-0.2, -0.15) is 5.10 Å². The Kier molecular flexibility index (Phi) is 5.26. The summed E-state index contributed by atoms with van der Waals surface area (Å²) in [6.07, 6.45) is 3.34. The Morgan fingerprint density at radius 3 is 2.53 bits per heavy atom. The molecule has 1 saturated carbocycles. The summed E-state index contributed by atoms with van der Waals surface area (Å²) in [4.78, 5) is 13.1. The van der Waals surface area contributed by atoms with Crippen LogP contribution in [-0.2, 0) is 5.41 Å². The van der Waals surface area contributed by atoms with Crippen molar-refractivity contribution in [3.05, 3.63) is 77.2 Å². The van der Waals surface area contributed by atoms with E-state index in [2.05, 4.69) is 34.0 Å². The first-order valence-corrected chi connectivity index (χ1v) is 12.1. The van der Waals surface area contributed by atoms with Crippen molar-refractivity contribution in [1.29, 1.82) is 0 Å². The smallest absolute Gasteiger partial charge is 0.276 e. The van der Waals surface area contributed by atoms with E-state index in [0.717, 1.165) is 18.2 Å². The van der Waals surface area contributed by atoms with Gasteiger partial charge in [-0.05, 0) is 47.9 Å². The van der Waals surface area contributed by atoms with E-state index in [1.165, 1.54) is 24.4 Å². The van der Waals surface area contributed by atoms with Gasteiger partial charge in [0.1, 0.15) is 29.3 Å². The van der Waals surface area contributed by atoms with Crippen LogP contribution in [0.2, 0.25) is 0 Å². The number of alkyl halides is 2. The minimum absolute atomic E-state index is 0.0299. The van der Waals surface area contributed by atoms with Crippen LogP contribution in [0.25, 0.3) is 22.8 Å². The van der Waals surface area contributed by atoms with Gasteiger partial charge in [-0.1, -0.05) is 19.9 Å². The van der Waals surface area contributed by atoms with Crippen molar-refractivity contribution in [3.63, 3.8) is 0 Å². The number of nitrogens with zero attached hydrogens (tertiary/aromatic N) is 5. The fourth-order valence-corrected chi connectivity index (χ4v) is 6.22. The standard InChI is InChI=1S/C27H23F4N5O2/c1-25(2)14-7-8-27(25,22-13(14)9-17(35-36-22)21-15(28)5-4-6-16(21)29)20-11-32-10-18(33-20)24-34-19(12-38-24)23(37)26(3,30)31/h4-6,9-12,14,23,37H,7-8H2,1-3H3/t14-,23-,27-/m0/s1. The number of aromatic nitrogens is 5. The first-order valence-electron chi connectivity index (χ1n) is 12.1. The highest BCUT2D eigenvalue weighted by Crippen LogP contribution is 2.69. The Morgan fingerprint density at radius 2 is 1.82 bits per heavy atom. The zero-order valence-electron chi connectivity index (χ0n) is 20.7. The van der Waals surface area contributed by atoms with E-state index in [4.69, 9.17) is 9.40 Å². The fourth-order valence-electron chi connectivity index (χ4n) is 6.22. The number of hydrogen-bond acceptors (Lipinski definition) is 7. The predicted octanol–water partition coefficient (Wildman–Crippen LogP) is 5.76. The van der Waals surface area contributed by atoms with Crippen molar-refractivity contribution >= 4 is 0 Å². The number of rotatable bonds is 5. The van der Waals surface area contributed by atoms with Crippen LogP contribution in [0.1, 0.15) is 68.3 Å². The van der Waals surface area contributed by atoms with Crippen molar-refractivity contribution in [2.24, 2.45) is 5.41 Å². The summed E-state index contributed by atoms with van der Waals surface area (Å²) in [5.74, 6) is -4.86. The maximum Gasteiger partial charge on any atom is 0.276 e. The molecule has 0 aliphatic heterocycles. The van der Waals surface area contributed by atoms with Gasteiger partial charge in [-0.25, -0.2) is 27.5 Å². The number of hydrogen-bond donors (Lipinski definition) is 1. The van der Waals surface area contributed by atoms with Gasteiger partial charge in [0.05, 0.1) is 34.3 Å². The second kappa shape index (κ2) is 8.13. The van der Waals surface area contributed by atoms with Gasteiger partial charge < -0.3 is 9.52 Å². The molecule has 196 valence electrons. The molecule has 11 heteroatoms. The van der Waals surface area contributed by atoms with Crippen LogP contribution in [0.5, 0.6) is 0 Å². The molecular formula is C27H23F4N5O2. The van der Waals surface area contributed by atoms with Crippen molar-refractivity contribution in [1.82, 2.24) is 25.1 Å². The van der Waals surface area contributed by atoms with Gasteiger partial charge in [0.2, 0.25) is 5.89 Å². The maximum absolute atomic E-state index is 14.5. The summed E-state index contributed by atoms with van der Waals surface area (Å²) in [6, 6.07) is 5.37. The van der Waals surface area contributed by atoms with E-state index in [0.29, 0.717) is 24.7 Å². The fraction of sp³-hybridized carbons (Fsp3) is 0.370. The predicted molar refractivity (Wildman–Crippen MR) is 127 cm³/mol. The second-order valence-corrected chi connectivity index (χ2v) is 10.6. The SMILES string of the molecule is CC(F)(F)[C@@H](O)c1coc(-c2cncc([C@@]34CC[C@@H](c5cc(-c6c(F)cccc6F)nnc53)C4(C)C)n2)n1. The zero-order valence-corrected chi connectivity index (χ0v) is 20.7. The summed E-state index contributed by atoms with van der Waals surface area (Å²) in [5, 5.41) is 18.6. The van der Waals surface area contributed by atoms with E-state index >= 15 is 0 Å². The Balaban J connectivity index is 1.45. The summed E-state index contributed by atoms with van der Waals surface area (Å²) in [7, 11) is 0. The third kappa shape index (κ3) is 3.34. The monoisotopic (exact) mass is 525 g/mol. The van der Waals surface area contributed by atoms with Crippen LogP contribution in [0, 0.1) is 17.0 Å². The Labute approximate surface area is 215 Å². The Morgan fingerprint density at radius 1 is 1.08 bits per heavy atom. The zero-order chi connectivity index (χ0) is 27.0. The van der Waals surface area contributed by atoms with E-state index in [-0.39, 0.29) is 34.5 Å². The summed E-state index contributed by atoms with van der Waals surface area (Å²) >= 11 is 0. The van der Waals surface area contributed by atoms with Crippen LogP contribution < -0.4 is 0 Å². The number of oxazole rings is 1. The molecule has 3 atom stereocenters. The van der Waals surface area contributed by atoms with Crippen molar-refractivity contribution < 1.29 is 27.1 Å². The molecule has 2 aliphatic carbocycles. The molecule has 4 aromatic rings. The molecule has 2 bridgehead atoms. The van der Waals surface area contributed by atoms with Crippen LogP contribution >= 0.6 is 0 Å². The molecule has 1 aromatic carbocycles. The molecule has 0 amide bonds. The van der Waals surface area contributed by atoms with Gasteiger partial charge in [0, 0.05) is 13.1 Å². The van der Waals surface area contributed by atoms with Crippen molar-refractivity contribution in [2.75, 3.05) is 0 Å². The molecule has 3 heterocycles. The van der Waals surface area contributed by atoms with Gasteiger partial charge in [-0.15, -0.1) is 5.10 Å². The maximum atomic E-state index is 14.5. The topological polar surface area (TPSA) is 97.8 Å². The van der Waals surface area contributed by atoms with Crippen LogP contribution in [0.4, 0.5) is 17.6 Å². The lowest BCUT2D eigenvalue weighted by Crippen LogP contribution is -2.38. The molecule has 0 saturated heterocycles. The molecule has 0 unspecified atom stereocenters.